The molecule has 84 valence electrons. The van der Waals surface area contributed by atoms with Crippen molar-refractivity contribution in [1.29, 1.82) is 0 Å². The second kappa shape index (κ2) is 6.01. The van der Waals surface area contributed by atoms with E-state index in [-0.39, 0.29) is 0 Å². The normalized spacial score (nSPS) is 10.3. The molecule has 3 heteroatoms. The lowest BCUT2D eigenvalue weighted by atomic mass is 10.2. The van der Waals surface area contributed by atoms with Crippen LogP contribution in [0.3, 0.4) is 0 Å². The van der Waals surface area contributed by atoms with Gasteiger partial charge in [0.15, 0.2) is 0 Å². The minimum Gasteiger partial charge on any atom is -0.397 e. The summed E-state index contributed by atoms with van der Waals surface area (Å²) >= 11 is 3.41. The van der Waals surface area contributed by atoms with Crippen molar-refractivity contribution in [3.63, 3.8) is 0 Å². The fourth-order valence-electron chi connectivity index (χ4n) is 1.59. The summed E-state index contributed by atoms with van der Waals surface area (Å²) in [4.78, 5) is 2.22. The van der Waals surface area contributed by atoms with E-state index in [4.69, 9.17) is 5.73 Å². The number of anilines is 2. The SMILES string of the molecule is CCCCCN(C)c1ccc(Br)cc1N. The van der Waals surface area contributed by atoms with Gasteiger partial charge in [0.2, 0.25) is 0 Å². The molecule has 0 saturated heterocycles. The Morgan fingerprint density at radius 3 is 2.67 bits per heavy atom. The minimum absolute atomic E-state index is 0.836. The molecule has 0 aromatic heterocycles. The first-order valence-electron chi connectivity index (χ1n) is 5.41. The van der Waals surface area contributed by atoms with Crippen LogP contribution in [0.25, 0.3) is 0 Å². The van der Waals surface area contributed by atoms with Crippen LogP contribution in [0.2, 0.25) is 0 Å². The number of nitrogen functional groups attached to an aromatic ring is 1. The Labute approximate surface area is 101 Å². The lowest BCUT2D eigenvalue weighted by Gasteiger charge is -2.21. The monoisotopic (exact) mass is 270 g/mol. The molecule has 1 aromatic carbocycles. The van der Waals surface area contributed by atoms with Crippen molar-refractivity contribution in [3.8, 4) is 0 Å². The highest BCUT2D eigenvalue weighted by atomic mass is 79.9. The van der Waals surface area contributed by atoms with E-state index in [1.165, 1.54) is 19.3 Å². The Hall–Kier alpha value is -0.700. The molecule has 1 aromatic rings. The van der Waals surface area contributed by atoms with Crippen LogP contribution >= 0.6 is 15.9 Å². The molecule has 0 unspecified atom stereocenters. The number of hydrogen-bond donors (Lipinski definition) is 1. The number of benzene rings is 1. The van der Waals surface area contributed by atoms with Gasteiger partial charge in [0.1, 0.15) is 0 Å². The van der Waals surface area contributed by atoms with Gasteiger partial charge in [-0.05, 0) is 24.6 Å². The number of nitrogens with two attached hydrogens (primary N) is 1. The lowest BCUT2D eigenvalue weighted by Crippen LogP contribution is -2.19. The lowest BCUT2D eigenvalue weighted by molar-refractivity contribution is 0.705. The predicted octanol–water partition coefficient (Wildman–Crippen LogP) is 3.66. The zero-order valence-electron chi connectivity index (χ0n) is 9.46. The van der Waals surface area contributed by atoms with Gasteiger partial charge in [-0.2, -0.15) is 0 Å². The van der Waals surface area contributed by atoms with Gasteiger partial charge in [-0.3, -0.25) is 0 Å². The molecule has 2 N–H and O–H groups in total. The molecular weight excluding hydrogens is 252 g/mol. The average Bonchev–Trinajstić information content (AvgIpc) is 2.17. The fourth-order valence-corrected chi connectivity index (χ4v) is 1.97. The van der Waals surface area contributed by atoms with Gasteiger partial charge in [-0.15, -0.1) is 0 Å². The Morgan fingerprint density at radius 1 is 1.33 bits per heavy atom. The third-order valence-corrected chi connectivity index (χ3v) is 2.99. The van der Waals surface area contributed by atoms with Crippen molar-refractivity contribution in [1.82, 2.24) is 0 Å². The third kappa shape index (κ3) is 3.74. The van der Waals surface area contributed by atoms with Crippen LogP contribution in [-0.4, -0.2) is 13.6 Å². The van der Waals surface area contributed by atoms with Crippen LogP contribution in [-0.2, 0) is 0 Å². The van der Waals surface area contributed by atoms with Crippen LogP contribution in [0.5, 0.6) is 0 Å². The molecule has 0 amide bonds. The van der Waals surface area contributed by atoms with Crippen LogP contribution in [0.15, 0.2) is 22.7 Å². The molecule has 0 heterocycles. The quantitative estimate of drug-likeness (QED) is 0.654. The molecule has 1 rings (SSSR count). The highest BCUT2D eigenvalue weighted by molar-refractivity contribution is 9.10. The fraction of sp³-hybridized carbons (Fsp3) is 0.500. The van der Waals surface area contributed by atoms with Gasteiger partial charge >= 0.3 is 0 Å². The van der Waals surface area contributed by atoms with E-state index in [9.17, 15) is 0 Å². The maximum atomic E-state index is 5.95. The minimum atomic E-state index is 0.836. The van der Waals surface area contributed by atoms with Crippen molar-refractivity contribution in [3.05, 3.63) is 22.7 Å². The first-order chi connectivity index (χ1) is 7.15. The zero-order valence-corrected chi connectivity index (χ0v) is 11.0. The van der Waals surface area contributed by atoms with E-state index in [0.29, 0.717) is 0 Å². The van der Waals surface area contributed by atoms with Gasteiger partial charge in [0.05, 0.1) is 11.4 Å². The highest BCUT2D eigenvalue weighted by Crippen LogP contribution is 2.25. The number of unbranched alkanes of at least 4 members (excludes halogenated alkanes) is 2. The largest absolute Gasteiger partial charge is 0.397 e. The summed E-state index contributed by atoms with van der Waals surface area (Å²) in [7, 11) is 2.09. The number of nitrogens with zero attached hydrogens (tertiary/aromatic N) is 1. The second-order valence-electron chi connectivity index (χ2n) is 3.83. The number of hydrogen-bond acceptors (Lipinski definition) is 2. The molecule has 0 bridgehead atoms. The van der Waals surface area contributed by atoms with E-state index in [1.54, 1.807) is 0 Å². The van der Waals surface area contributed by atoms with Gasteiger partial charge in [-0.25, -0.2) is 0 Å². The summed E-state index contributed by atoms with van der Waals surface area (Å²) in [6.07, 6.45) is 3.76. The molecule has 0 aliphatic carbocycles. The zero-order chi connectivity index (χ0) is 11.3. The molecule has 15 heavy (non-hydrogen) atoms. The maximum absolute atomic E-state index is 5.95. The Bertz CT molecular complexity index is 312. The number of halogens is 1. The first kappa shape index (κ1) is 12.4. The van der Waals surface area contributed by atoms with Crippen LogP contribution in [0.4, 0.5) is 11.4 Å². The van der Waals surface area contributed by atoms with Gasteiger partial charge in [0, 0.05) is 18.1 Å². The van der Waals surface area contributed by atoms with Gasteiger partial charge < -0.3 is 10.6 Å². The van der Waals surface area contributed by atoms with E-state index in [2.05, 4.69) is 40.9 Å². The maximum Gasteiger partial charge on any atom is 0.0598 e. The molecule has 0 aliphatic heterocycles. The third-order valence-electron chi connectivity index (χ3n) is 2.50. The Morgan fingerprint density at radius 2 is 2.07 bits per heavy atom. The van der Waals surface area contributed by atoms with Crippen LogP contribution in [0.1, 0.15) is 26.2 Å². The van der Waals surface area contributed by atoms with Crippen molar-refractivity contribution in [2.24, 2.45) is 0 Å². The molecule has 0 spiro atoms. The Balaban J connectivity index is 2.61. The smallest absolute Gasteiger partial charge is 0.0598 e. The molecule has 2 nitrogen and oxygen atoms in total. The molecule has 0 fully saturated rings. The Kier molecular flexibility index (Phi) is 4.95. The topological polar surface area (TPSA) is 29.3 Å². The van der Waals surface area contributed by atoms with Crippen molar-refractivity contribution >= 4 is 27.3 Å². The van der Waals surface area contributed by atoms with Crippen LogP contribution in [0, 0.1) is 0 Å². The summed E-state index contributed by atoms with van der Waals surface area (Å²) in [6.45, 7) is 3.29. The molecular formula is C12H19BrN2. The molecule has 0 atom stereocenters. The van der Waals surface area contributed by atoms with Crippen molar-refractivity contribution in [2.45, 2.75) is 26.2 Å². The van der Waals surface area contributed by atoms with E-state index < -0.39 is 0 Å². The van der Waals surface area contributed by atoms with Gasteiger partial charge in [0.25, 0.3) is 0 Å². The average molecular weight is 271 g/mol. The van der Waals surface area contributed by atoms with E-state index in [0.717, 1.165) is 22.4 Å². The van der Waals surface area contributed by atoms with E-state index in [1.807, 2.05) is 12.1 Å². The number of rotatable bonds is 5. The van der Waals surface area contributed by atoms with Crippen LogP contribution < -0.4 is 10.6 Å². The second-order valence-corrected chi connectivity index (χ2v) is 4.75. The first-order valence-corrected chi connectivity index (χ1v) is 6.20. The van der Waals surface area contributed by atoms with Gasteiger partial charge in [-0.1, -0.05) is 35.7 Å². The molecule has 0 radical (unpaired) electrons. The summed E-state index contributed by atoms with van der Waals surface area (Å²) in [5.41, 5.74) is 7.91. The molecule has 0 aliphatic rings. The van der Waals surface area contributed by atoms with Crippen molar-refractivity contribution in [2.75, 3.05) is 24.2 Å². The summed E-state index contributed by atoms with van der Waals surface area (Å²) < 4.78 is 1.03. The highest BCUT2D eigenvalue weighted by Gasteiger charge is 2.04. The molecule has 0 saturated carbocycles. The van der Waals surface area contributed by atoms with E-state index >= 15 is 0 Å². The predicted molar refractivity (Wildman–Crippen MR) is 71.3 cm³/mol. The summed E-state index contributed by atoms with van der Waals surface area (Å²) in [6, 6.07) is 6.04. The standard InChI is InChI=1S/C12H19BrN2/c1-3-4-5-8-15(2)12-7-6-10(13)9-11(12)14/h6-7,9H,3-5,8,14H2,1-2H3. The summed E-state index contributed by atoms with van der Waals surface area (Å²) in [5.74, 6) is 0. The summed E-state index contributed by atoms with van der Waals surface area (Å²) in [5, 5.41) is 0. The van der Waals surface area contributed by atoms with Crippen molar-refractivity contribution < 1.29 is 0 Å².